The van der Waals surface area contributed by atoms with Crippen LogP contribution in [0.4, 0.5) is 10.8 Å². The van der Waals surface area contributed by atoms with Crippen LogP contribution in [-0.4, -0.2) is 41.4 Å². The smallest absolute Gasteiger partial charge is 0.269 e. The number of benzene rings is 1. The summed E-state index contributed by atoms with van der Waals surface area (Å²) in [6, 6.07) is 5.54. The van der Waals surface area contributed by atoms with Gasteiger partial charge in [0.2, 0.25) is 0 Å². The zero-order chi connectivity index (χ0) is 16.8. The van der Waals surface area contributed by atoms with Crippen LogP contribution in [-0.2, 0) is 11.3 Å². The number of thiazole rings is 1. The van der Waals surface area contributed by atoms with E-state index in [1.807, 2.05) is 24.4 Å². The summed E-state index contributed by atoms with van der Waals surface area (Å²) in [6.07, 6.45) is 0. The van der Waals surface area contributed by atoms with Crippen LogP contribution in [0, 0.1) is 10.1 Å². The average molecular weight is 336 g/mol. The number of hydrogen-bond acceptors (Lipinski definition) is 7. The van der Waals surface area contributed by atoms with Crippen molar-refractivity contribution in [3.63, 3.8) is 0 Å². The summed E-state index contributed by atoms with van der Waals surface area (Å²) in [7, 11) is 3.88. The molecule has 0 bridgehead atoms. The van der Waals surface area contributed by atoms with Gasteiger partial charge in [0.1, 0.15) is 5.75 Å². The van der Waals surface area contributed by atoms with E-state index in [0.29, 0.717) is 17.4 Å². The average Bonchev–Trinajstić information content (AvgIpc) is 2.91. The molecule has 2 aromatic rings. The highest BCUT2D eigenvalue weighted by Gasteiger charge is 2.09. The summed E-state index contributed by atoms with van der Waals surface area (Å²) in [5.74, 6) is 0.0484. The number of nitro benzene ring substituents is 1. The first-order valence-corrected chi connectivity index (χ1v) is 7.58. The van der Waals surface area contributed by atoms with Gasteiger partial charge in [0.25, 0.3) is 11.6 Å². The van der Waals surface area contributed by atoms with E-state index in [0.717, 1.165) is 5.69 Å². The number of aromatic nitrogens is 1. The number of carbonyl (C=O) groups excluding carboxylic acids is 1. The molecule has 0 aliphatic heterocycles. The molecule has 0 aliphatic carbocycles. The SMILES string of the molecule is CN(C)Cc1csc(NC(=O)COc2ccc([N+](=O)[O-])cc2)n1. The quantitative estimate of drug-likeness (QED) is 0.614. The number of rotatable bonds is 7. The van der Waals surface area contributed by atoms with Crippen molar-refractivity contribution in [2.24, 2.45) is 0 Å². The second-order valence-electron chi connectivity index (χ2n) is 4.97. The first-order chi connectivity index (χ1) is 10.9. The Morgan fingerprint density at radius 1 is 1.39 bits per heavy atom. The second kappa shape index (κ2) is 7.65. The van der Waals surface area contributed by atoms with Gasteiger partial charge < -0.3 is 9.64 Å². The molecule has 0 aliphatic rings. The first-order valence-electron chi connectivity index (χ1n) is 6.70. The molecule has 2 rings (SSSR count). The molecule has 0 fully saturated rings. The van der Waals surface area contributed by atoms with E-state index < -0.39 is 4.92 Å². The summed E-state index contributed by atoms with van der Waals surface area (Å²) in [4.78, 5) is 28.1. The van der Waals surface area contributed by atoms with Crippen LogP contribution in [0.3, 0.4) is 0 Å². The van der Waals surface area contributed by atoms with Crippen LogP contribution in [0.1, 0.15) is 5.69 Å². The van der Waals surface area contributed by atoms with Gasteiger partial charge in [0.15, 0.2) is 11.7 Å². The van der Waals surface area contributed by atoms with E-state index in [9.17, 15) is 14.9 Å². The molecule has 0 atom stereocenters. The minimum atomic E-state index is -0.496. The number of nitrogens with zero attached hydrogens (tertiary/aromatic N) is 3. The van der Waals surface area contributed by atoms with Crippen molar-refractivity contribution in [2.75, 3.05) is 26.0 Å². The highest BCUT2D eigenvalue weighted by atomic mass is 32.1. The molecule has 1 amide bonds. The van der Waals surface area contributed by atoms with Crippen molar-refractivity contribution >= 4 is 28.1 Å². The zero-order valence-corrected chi connectivity index (χ0v) is 13.5. The first kappa shape index (κ1) is 16.8. The van der Waals surface area contributed by atoms with Gasteiger partial charge in [-0.15, -0.1) is 11.3 Å². The highest BCUT2D eigenvalue weighted by Crippen LogP contribution is 2.18. The molecule has 9 heteroatoms. The number of carbonyl (C=O) groups is 1. The van der Waals surface area contributed by atoms with E-state index >= 15 is 0 Å². The Bertz CT molecular complexity index is 684. The predicted molar refractivity (Wildman–Crippen MR) is 86.7 cm³/mol. The number of non-ortho nitro benzene ring substituents is 1. The molecule has 0 spiro atoms. The molecule has 0 radical (unpaired) electrons. The van der Waals surface area contributed by atoms with Crippen molar-refractivity contribution in [3.8, 4) is 5.75 Å². The molecular formula is C14H16N4O4S. The minimum absolute atomic E-state index is 0.0296. The van der Waals surface area contributed by atoms with Crippen molar-refractivity contribution in [1.82, 2.24) is 9.88 Å². The fourth-order valence-corrected chi connectivity index (χ4v) is 2.45. The Labute approximate surface area is 136 Å². The van der Waals surface area contributed by atoms with Crippen molar-refractivity contribution in [1.29, 1.82) is 0 Å². The molecule has 1 N–H and O–H groups in total. The summed E-state index contributed by atoms with van der Waals surface area (Å²) in [6.45, 7) is 0.506. The third-order valence-corrected chi connectivity index (χ3v) is 3.50. The van der Waals surface area contributed by atoms with Crippen LogP contribution in [0.15, 0.2) is 29.6 Å². The molecule has 1 aromatic heterocycles. The van der Waals surface area contributed by atoms with Gasteiger partial charge in [-0.3, -0.25) is 20.2 Å². The van der Waals surface area contributed by atoms with E-state index in [1.165, 1.54) is 35.6 Å². The van der Waals surface area contributed by atoms with Gasteiger partial charge >= 0.3 is 0 Å². The molecule has 1 aromatic carbocycles. The summed E-state index contributed by atoms with van der Waals surface area (Å²) >= 11 is 1.35. The monoisotopic (exact) mass is 336 g/mol. The number of amides is 1. The number of ether oxygens (including phenoxy) is 1. The van der Waals surface area contributed by atoms with E-state index in [1.54, 1.807) is 0 Å². The van der Waals surface area contributed by atoms with Crippen molar-refractivity contribution < 1.29 is 14.5 Å². The van der Waals surface area contributed by atoms with E-state index in [4.69, 9.17) is 4.74 Å². The fourth-order valence-electron chi connectivity index (χ4n) is 1.73. The van der Waals surface area contributed by atoms with E-state index in [2.05, 4.69) is 10.3 Å². The molecular weight excluding hydrogens is 320 g/mol. The number of nitro groups is 1. The Morgan fingerprint density at radius 2 is 2.09 bits per heavy atom. The maximum Gasteiger partial charge on any atom is 0.269 e. The van der Waals surface area contributed by atoms with Gasteiger partial charge in [0.05, 0.1) is 10.6 Å². The Balaban J connectivity index is 1.82. The maximum atomic E-state index is 11.8. The molecule has 0 saturated carbocycles. The lowest BCUT2D eigenvalue weighted by Gasteiger charge is -2.06. The Kier molecular flexibility index (Phi) is 5.61. The number of nitrogens with one attached hydrogen (secondary N) is 1. The molecule has 23 heavy (non-hydrogen) atoms. The van der Waals surface area contributed by atoms with Crippen LogP contribution in [0.2, 0.25) is 0 Å². The summed E-state index contributed by atoms with van der Waals surface area (Å²) < 4.78 is 5.28. The zero-order valence-electron chi connectivity index (χ0n) is 12.7. The Hall–Kier alpha value is -2.52. The molecule has 0 unspecified atom stereocenters. The standard InChI is InChI=1S/C14H16N4O4S/c1-17(2)7-10-9-23-14(15-10)16-13(19)8-22-12-5-3-11(4-6-12)18(20)21/h3-6,9H,7-8H2,1-2H3,(H,15,16,19). The van der Waals surface area contributed by atoms with Crippen molar-refractivity contribution in [2.45, 2.75) is 6.54 Å². The molecule has 0 saturated heterocycles. The number of hydrogen-bond donors (Lipinski definition) is 1. The topological polar surface area (TPSA) is 97.6 Å². The lowest BCUT2D eigenvalue weighted by molar-refractivity contribution is -0.384. The van der Waals surface area contributed by atoms with Gasteiger partial charge in [0, 0.05) is 24.1 Å². The van der Waals surface area contributed by atoms with Crippen LogP contribution in [0.5, 0.6) is 5.75 Å². The molecule has 1 heterocycles. The largest absolute Gasteiger partial charge is 0.484 e. The number of anilines is 1. The minimum Gasteiger partial charge on any atom is -0.484 e. The molecule has 122 valence electrons. The third-order valence-electron chi connectivity index (χ3n) is 2.69. The molecule has 8 nitrogen and oxygen atoms in total. The normalized spacial score (nSPS) is 10.6. The van der Waals surface area contributed by atoms with Crippen LogP contribution >= 0.6 is 11.3 Å². The van der Waals surface area contributed by atoms with Gasteiger partial charge in [-0.25, -0.2) is 4.98 Å². The van der Waals surface area contributed by atoms with Crippen molar-refractivity contribution in [3.05, 3.63) is 45.5 Å². The highest BCUT2D eigenvalue weighted by molar-refractivity contribution is 7.13. The lowest BCUT2D eigenvalue weighted by Crippen LogP contribution is -2.20. The van der Waals surface area contributed by atoms with Gasteiger partial charge in [-0.1, -0.05) is 0 Å². The Morgan fingerprint density at radius 3 is 2.70 bits per heavy atom. The lowest BCUT2D eigenvalue weighted by atomic mass is 10.3. The summed E-state index contributed by atoms with van der Waals surface area (Å²) in [5.41, 5.74) is 0.851. The predicted octanol–water partition coefficient (Wildman–Crippen LogP) is 2.13. The van der Waals surface area contributed by atoms with Crippen LogP contribution < -0.4 is 10.1 Å². The van der Waals surface area contributed by atoms with E-state index in [-0.39, 0.29) is 18.2 Å². The summed E-state index contributed by atoms with van der Waals surface area (Å²) in [5, 5.41) is 15.6. The van der Waals surface area contributed by atoms with Crippen LogP contribution in [0.25, 0.3) is 0 Å². The second-order valence-corrected chi connectivity index (χ2v) is 5.83. The van der Waals surface area contributed by atoms with Gasteiger partial charge in [-0.05, 0) is 26.2 Å². The van der Waals surface area contributed by atoms with Gasteiger partial charge in [-0.2, -0.15) is 0 Å². The fraction of sp³-hybridized carbons (Fsp3) is 0.286. The maximum absolute atomic E-state index is 11.8. The third kappa shape index (κ3) is 5.31.